The van der Waals surface area contributed by atoms with E-state index in [4.69, 9.17) is 28.5 Å². The summed E-state index contributed by atoms with van der Waals surface area (Å²) in [6.45, 7) is 3.38. The average Bonchev–Trinajstić information content (AvgIpc) is 3.12. The third-order valence-corrected chi connectivity index (χ3v) is 9.62. The number of nitrogens with one attached hydrogen (secondary N) is 1. The van der Waals surface area contributed by atoms with Gasteiger partial charge in [0.15, 0.2) is 17.7 Å². The van der Waals surface area contributed by atoms with Crippen molar-refractivity contribution in [1.82, 2.24) is 10.4 Å². The number of ether oxygens (including phenoxy) is 5. The van der Waals surface area contributed by atoms with E-state index in [0.29, 0.717) is 37.5 Å². The fourth-order valence-electron chi connectivity index (χ4n) is 7.02. The molecule has 274 valence electrons. The van der Waals surface area contributed by atoms with Crippen LogP contribution in [-0.4, -0.2) is 114 Å². The second-order valence-electron chi connectivity index (χ2n) is 12.9. The average molecular weight is 713 g/mol. The van der Waals surface area contributed by atoms with Gasteiger partial charge in [-0.05, 0) is 19.4 Å². The molecular weight excluding hydrogens is 672 g/mol. The standard InChI is InChI=1S/C35H40N2O14/c1-17-20(49-23-16-47-13-11-36-23)9-10-25(48-17)50-22-15-35(45,34(44)51-37(2)24(39)8-5-12-38)14-19-27(22)33(43)29-28(31(19)41)30(40)18-6-4-7-21(46-3)26(18)32(29)42/h4,6-7,12,17,20,22-23,25,36,41,43,45H,5,8-11,13-16H2,1-3H3/t17-,20-,22-,23?,25?,35-/m0/s1. The molecule has 2 aliphatic heterocycles. The highest BCUT2D eigenvalue weighted by molar-refractivity contribution is 6.31. The fraction of sp³-hybridized carbons (Fsp3) is 0.514. The summed E-state index contributed by atoms with van der Waals surface area (Å²) in [6, 6.07) is 4.36. The van der Waals surface area contributed by atoms with Gasteiger partial charge in [-0.15, -0.1) is 0 Å². The van der Waals surface area contributed by atoms with Crippen molar-refractivity contribution in [3.05, 3.63) is 51.6 Å². The van der Waals surface area contributed by atoms with Crippen LogP contribution in [0, 0.1) is 0 Å². The lowest BCUT2D eigenvalue weighted by Crippen LogP contribution is -2.51. The maximum Gasteiger partial charge on any atom is 0.364 e. The maximum atomic E-state index is 13.9. The van der Waals surface area contributed by atoms with Gasteiger partial charge in [0.1, 0.15) is 29.8 Å². The Balaban J connectivity index is 1.35. The molecule has 0 aromatic heterocycles. The zero-order valence-corrected chi connectivity index (χ0v) is 28.3. The molecule has 0 spiro atoms. The highest BCUT2D eigenvalue weighted by atomic mass is 16.7. The Morgan fingerprint density at radius 3 is 2.55 bits per heavy atom. The molecule has 16 heteroatoms. The van der Waals surface area contributed by atoms with Crippen LogP contribution >= 0.6 is 0 Å². The molecule has 2 aliphatic carbocycles. The maximum absolute atomic E-state index is 13.9. The number of aldehydes is 1. The number of carbonyl (C=O) groups excluding carboxylic acids is 5. The van der Waals surface area contributed by atoms with Crippen molar-refractivity contribution < 1.29 is 67.8 Å². The van der Waals surface area contributed by atoms with Crippen LogP contribution in [0.25, 0.3) is 0 Å². The van der Waals surface area contributed by atoms with Crippen molar-refractivity contribution in [2.75, 3.05) is 33.9 Å². The van der Waals surface area contributed by atoms with Gasteiger partial charge >= 0.3 is 5.97 Å². The van der Waals surface area contributed by atoms with Crippen LogP contribution in [0.5, 0.6) is 17.2 Å². The van der Waals surface area contributed by atoms with Gasteiger partial charge in [-0.3, -0.25) is 19.7 Å². The molecule has 2 aromatic rings. The summed E-state index contributed by atoms with van der Waals surface area (Å²) in [5, 5.41) is 39.1. The molecule has 16 nitrogen and oxygen atoms in total. The van der Waals surface area contributed by atoms with Crippen molar-refractivity contribution in [2.24, 2.45) is 0 Å². The van der Waals surface area contributed by atoms with Crippen LogP contribution < -0.4 is 10.1 Å². The number of phenolic OH excluding ortho intramolecular Hbond substituents is 2. The normalized spacial score (nSPS) is 27.1. The van der Waals surface area contributed by atoms with E-state index >= 15 is 0 Å². The number of phenols is 2. The van der Waals surface area contributed by atoms with Gasteiger partial charge < -0.3 is 48.6 Å². The van der Waals surface area contributed by atoms with E-state index in [1.807, 2.05) is 0 Å². The lowest BCUT2D eigenvalue weighted by Gasteiger charge is -2.42. The predicted molar refractivity (Wildman–Crippen MR) is 172 cm³/mol. The summed E-state index contributed by atoms with van der Waals surface area (Å²) < 4.78 is 29.4. The number of benzene rings is 2. The molecule has 6 rings (SSSR count). The lowest BCUT2D eigenvalue weighted by molar-refractivity contribution is -0.260. The SMILES string of the molecule is COc1cccc2c1C(=O)c1c(O)c3c(c(O)c1C2=O)C[C@@](O)(C(=O)ON(C)C(=O)CCC=O)C[C@@H]3OC1CC[C@H](OC2COCCN2)[C@H](C)O1. The van der Waals surface area contributed by atoms with Crippen LogP contribution in [0.3, 0.4) is 0 Å². The topological polar surface area (TPSA) is 217 Å². The molecule has 2 fully saturated rings. The monoisotopic (exact) mass is 712 g/mol. The Bertz CT molecular complexity index is 1740. The summed E-state index contributed by atoms with van der Waals surface area (Å²) >= 11 is 0. The highest BCUT2D eigenvalue weighted by Crippen LogP contribution is 2.52. The lowest BCUT2D eigenvalue weighted by atomic mass is 9.73. The van der Waals surface area contributed by atoms with Crippen LogP contribution in [0.2, 0.25) is 0 Å². The number of aromatic hydroxyl groups is 2. The van der Waals surface area contributed by atoms with Crippen LogP contribution in [0.15, 0.2) is 18.2 Å². The van der Waals surface area contributed by atoms with Crippen molar-refractivity contribution in [3.8, 4) is 17.2 Å². The summed E-state index contributed by atoms with van der Waals surface area (Å²) in [5.74, 6) is -4.93. The quantitative estimate of drug-likeness (QED) is 0.140. The Morgan fingerprint density at radius 2 is 1.86 bits per heavy atom. The minimum atomic E-state index is -2.48. The number of hydroxylamine groups is 2. The smallest absolute Gasteiger partial charge is 0.364 e. The van der Waals surface area contributed by atoms with Gasteiger partial charge in [-0.1, -0.05) is 12.1 Å². The Labute approximate surface area is 292 Å². The summed E-state index contributed by atoms with van der Waals surface area (Å²) in [5.41, 5.74) is -4.02. The fourth-order valence-corrected chi connectivity index (χ4v) is 7.02. The number of amides is 1. The van der Waals surface area contributed by atoms with Crippen molar-refractivity contribution in [1.29, 1.82) is 0 Å². The zero-order valence-electron chi connectivity index (χ0n) is 28.3. The Hall–Kier alpha value is -4.45. The first-order valence-electron chi connectivity index (χ1n) is 16.7. The van der Waals surface area contributed by atoms with Gasteiger partial charge in [0.05, 0.1) is 55.3 Å². The predicted octanol–water partition coefficient (Wildman–Crippen LogP) is 1.37. The molecule has 6 atom stereocenters. The van der Waals surface area contributed by atoms with E-state index in [0.717, 1.165) is 7.05 Å². The van der Waals surface area contributed by atoms with Gasteiger partial charge in [0.25, 0.3) is 5.91 Å². The number of hydrogen-bond donors (Lipinski definition) is 4. The number of fused-ring (bicyclic) bond motifs is 3. The van der Waals surface area contributed by atoms with Crippen LogP contribution in [0.4, 0.5) is 0 Å². The number of nitrogens with zero attached hydrogens (tertiary/aromatic N) is 1. The molecule has 0 saturated carbocycles. The highest BCUT2D eigenvalue weighted by Gasteiger charge is 2.52. The van der Waals surface area contributed by atoms with E-state index in [1.165, 1.54) is 25.3 Å². The first-order valence-corrected chi connectivity index (χ1v) is 16.7. The summed E-state index contributed by atoms with van der Waals surface area (Å²) in [6.07, 6.45) is -3.84. The van der Waals surface area contributed by atoms with E-state index in [9.17, 15) is 39.3 Å². The molecular formula is C35H40N2O14. The first kappa shape index (κ1) is 36.3. The molecule has 2 aromatic carbocycles. The van der Waals surface area contributed by atoms with Crippen molar-refractivity contribution >= 4 is 29.7 Å². The minimum absolute atomic E-state index is 0.0772. The number of rotatable bonds is 9. The molecule has 1 amide bonds. The largest absolute Gasteiger partial charge is 0.507 e. The molecule has 2 saturated heterocycles. The second-order valence-corrected chi connectivity index (χ2v) is 12.9. The molecule has 4 N–H and O–H groups in total. The summed E-state index contributed by atoms with van der Waals surface area (Å²) in [4.78, 5) is 69.6. The van der Waals surface area contributed by atoms with Gasteiger partial charge in [0.2, 0.25) is 5.78 Å². The number of aliphatic hydroxyl groups is 1. The van der Waals surface area contributed by atoms with Gasteiger partial charge in [0, 0.05) is 62.4 Å². The number of carbonyl (C=O) groups is 5. The number of hydrogen-bond acceptors (Lipinski definition) is 15. The first-order chi connectivity index (χ1) is 24.4. The van der Waals surface area contributed by atoms with E-state index < -0.39 is 83.0 Å². The van der Waals surface area contributed by atoms with E-state index in [-0.39, 0.29) is 59.6 Å². The number of morpholine rings is 1. The molecule has 4 aliphatic rings. The Morgan fingerprint density at radius 1 is 1.10 bits per heavy atom. The molecule has 0 radical (unpaired) electrons. The van der Waals surface area contributed by atoms with Crippen molar-refractivity contribution in [3.63, 3.8) is 0 Å². The number of ketones is 2. The molecule has 2 unspecified atom stereocenters. The second kappa shape index (κ2) is 14.7. The summed E-state index contributed by atoms with van der Waals surface area (Å²) in [7, 11) is 2.46. The molecule has 51 heavy (non-hydrogen) atoms. The third kappa shape index (κ3) is 6.82. The minimum Gasteiger partial charge on any atom is -0.507 e. The zero-order chi connectivity index (χ0) is 36.6. The molecule has 2 heterocycles. The molecule has 0 bridgehead atoms. The van der Waals surface area contributed by atoms with Gasteiger partial charge in [-0.2, -0.15) is 5.06 Å². The van der Waals surface area contributed by atoms with E-state index in [2.05, 4.69) is 5.32 Å². The van der Waals surface area contributed by atoms with Gasteiger partial charge in [-0.25, -0.2) is 4.79 Å². The van der Waals surface area contributed by atoms with E-state index in [1.54, 1.807) is 6.92 Å². The van der Waals surface area contributed by atoms with Crippen LogP contribution in [-0.2, 0) is 44.6 Å². The Kier molecular flexibility index (Phi) is 10.4. The van der Waals surface area contributed by atoms with Crippen molar-refractivity contribution in [2.45, 2.75) is 81.9 Å². The third-order valence-electron chi connectivity index (χ3n) is 9.62. The number of methoxy groups -OCH3 is 1. The van der Waals surface area contributed by atoms with Crippen LogP contribution in [0.1, 0.15) is 88.1 Å².